The quantitative estimate of drug-likeness (QED) is 0.394. The molecular weight excluding hydrogens is 452 g/mol. The Bertz CT molecular complexity index is 1200. The van der Waals surface area contributed by atoms with Crippen molar-refractivity contribution in [2.45, 2.75) is 24.3 Å². The van der Waals surface area contributed by atoms with Crippen molar-refractivity contribution >= 4 is 43.6 Å². The van der Waals surface area contributed by atoms with Crippen LogP contribution in [0.5, 0.6) is 0 Å². The van der Waals surface area contributed by atoms with Gasteiger partial charge in [0.05, 0.1) is 24.4 Å². The summed E-state index contributed by atoms with van der Waals surface area (Å²) in [7, 11) is -2.46. The number of hydrogen-bond donors (Lipinski definition) is 3. The predicted octanol–water partition coefficient (Wildman–Crippen LogP) is 3.09. The zero-order valence-corrected chi connectivity index (χ0v) is 19.1. The van der Waals surface area contributed by atoms with Gasteiger partial charge in [-0.15, -0.1) is 15.7 Å². The Morgan fingerprint density at radius 1 is 1.34 bits per heavy atom. The monoisotopic (exact) mass is 476 g/mol. The third-order valence-electron chi connectivity index (χ3n) is 5.58. The second-order valence-corrected chi connectivity index (χ2v) is 10.4. The summed E-state index contributed by atoms with van der Waals surface area (Å²) in [4.78, 5) is 0.113. The van der Waals surface area contributed by atoms with Crippen LogP contribution in [0.15, 0.2) is 44.5 Å². The van der Waals surface area contributed by atoms with Crippen molar-refractivity contribution in [3.8, 4) is 0 Å². The second-order valence-electron chi connectivity index (χ2n) is 7.95. The molecule has 1 fully saturated rings. The molecule has 32 heavy (non-hydrogen) atoms. The van der Waals surface area contributed by atoms with Gasteiger partial charge in [-0.2, -0.15) is 8.42 Å². The Morgan fingerprint density at radius 2 is 2.16 bits per heavy atom. The third-order valence-corrected chi connectivity index (χ3v) is 8.06. The average molecular weight is 477 g/mol. The molecular formula is C21H24N4O5S2. The highest BCUT2D eigenvalue weighted by Crippen LogP contribution is 2.40. The first-order chi connectivity index (χ1) is 15.5. The first-order valence-corrected chi connectivity index (χ1v) is 12.6. The van der Waals surface area contributed by atoms with Crippen LogP contribution < -0.4 is 15.8 Å². The van der Waals surface area contributed by atoms with Gasteiger partial charge in [0.15, 0.2) is 5.84 Å². The number of sulfonamides is 1. The van der Waals surface area contributed by atoms with E-state index in [4.69, 9.17) is 9.47 Å². The fraction of sp³-hybridized carbons (Fsp3) is 0.381. The van der Waals surface area contributed by atoms with Gasteiger partial charge in [-0.1, -0.05) is 12.1 Å². The predicted molar refractivity (Wildman–Crippen MR) is 123 cm³/mol. The van der Waals surface area contributed by atoms with E-state index >= 15 is 0 Å². The van der Waals surface area contributed by atoms with Crippen molar-refractivity contribution in [1.29, 1.82) is 0 Å². The maximum Gasteiger partial charge on any atom is 0.287 e. The van der Waals surface area contributed by atoms with E-state index in [2.05, 4.69) is 15.1 Å². The minimum atomic E-state index is -3.97. The van der Waals surface area contributed by atoms with Crippen LogP contribution >= 0.6 is 11.3 Å². The summed E-state index contributed by atoms with van der Waals surface area (Å²) in [5.41, 5.74) is 5.86. The summed E-state index contributed by atoms with van der Waals surface area (Å²) in [6.07, 6.45) is 2.42. The first kappa shape index (κ1) is 21.4. The standard InChI is InChI=1S/C21H24N4O5S2/c1-29-12-30-10-14-11-31-21-19(14)32(27,28)24-20(23-21)16-9-25(22-8-13-6-7-13)17-5-3-2-4-15(17)18(16)26/h2-5,11,13,22,26H,6-10,12H2,1H3,(H,23,24). The van der Waals surface area contributed by atoms with Crippen LogP contribution in [0.2, 0.25) is 0 Å². The van der Waals surface area contributed by atoms with Crippen LogP contribution in [-0.4, -0.2) is 46.4 Å². The molecule has 0 amide bonds. The van der Waals surface area contributed by atoms with Gasteiger partial charge in [0, 0.05) is 24.8 Å². The number of nitrogens with zero attached hydrogens (tertiary/aromatic N) is 2. The number of methoxy groups -OCH3 is 1. The zero-order chi connectivity index (χ0) is 22.3. The van der Waals surface area contributed by atoms with Crippen molar-refractivity contribution in [2.24, 2.45) is 10.3 Å². The second kappa shape index (κ2) is 8.49. The highest BCUT2D eigenvalue weighted by Gasteiger charge is 2.35. The number of hydrazine groups is 1. The van der Waals surface area contributed by atoms with E-state index in [1.165, 1.54) is 31.3 Å². The highest BCUT2D eigenvalue weighted by molar-refractivity contribution is 7.90. The number of benzene rings is 1. The van der Waals surface area contributed by atoms with E-state index in [-0.39, 0.29) is 36.4 Å². The Morgan fingerprint density at radius 3 is 2.94 bits per heavy atom. The van der Waals surface area contributed by atoms with E-state index in [1.807, 2.05) is 29.3 Å². The number of aliphatic hydroxyl groups is 1. The molecule has 1 aromatic carbocycles. The van der Waals surface area contributed by atoms with Gasteiger partial charge in [0.2, 0.25) is 0 Å². The highest BCUT2D eigenvalue weighted by atomic mass is 32.2. The SMILES string of the molecule is COCOCc1csc2c1S(=O)(=O)N=C(C1=C(O)c3ccccc3N(NCC3CC3)C1)N2. The molecule has 0 radical (unpaired) electrons. The third kappa shape index (κ3) is 4.02. The van der Waals surface area contributed by atoms with Crippen LogP contribution in [0.4, 0.5) is 10.7 Å². The molecule has 3 aliphatic rings. The number of ether oxygens (including phenoxy) is 2. The number of aliphatic hydroxyl groups excluding tert-OH is 1. The van der Waals surface area contributed by atoms with Crippen LogP contribution in [0.1, 0.15) is 24.0 Å². The van der Waals surface area contributed by atoms with Gasteiger partial charge in [-0.3, -0.25) is 0 Å². The van der Waals surface area contributed by atoms with E-state index in [0.717, 1.165) is 12.2 Å². The fourth-order valence-corrected chi connectivity index (χ4v) is 6.39. The molecule has 1 saturated carbocycles. The van der Waals surface area contributed by atoms with E-state index in [0.29, 0.717) is 27.6 Å². The number of para-hydroxylation sites is 1. The smallest absolute Gasteiger partial charge is 0.287 e. The number of thiophene rings is 1. The lowest BCUT2D eigenvalue weighted by Crippen LogP contribution is -2.45. The number of fused-ring (bicyclic) bond motifs is 2. The van der Waals surface area contributed by atoms with E-state index < -0.39 is 10.0 Å². The van der Waals surface area contributed by atoms with Crippen LogP contribution in [-0.2, 0) is 26.1 Å². The van der Waals surface area contributed by atoms with Crippen molar-refractivity contribution < 1.29 is 23.0 Å². The molecule has 2 aliphatic heterocycles. The van der Waals surface area contributed by atoms with Crippen molar-refractivity contribution in [3.63, 3.8) is 0 Å². The lowest BCUT2D eigenvalue weighted by molar-refractivity contribution is -0.0395. The molecule has 5 rings (SSSR count). The summed E-state index contributed by atoms with van der Waals surface area (Å²) in [5, 5.41) is 18.3. The molecule has 11 heteroatoms. The van der Waals surface area contributed by atoms with E-state index in [1.54, 1.807) is 5.38 Å². The normalized spacial score (nSPS) is 19.3. The molecule has 9 nitrogen and oxygen atoms in total. The molecule has 3 N–H and O–H groups in total. The lowest BCUT2D eigenvalue weighted by atomic mass is 10.0. The number of nitrogens with one attached hydrogen (secondary N) is 2. The van der Waals surface area contributed by atoms with Crippen LogP contribution in [0.3, 0.4) is 0 Å². The topological polar surface area (TPSA) is 112 Å². The molecule has 0 spiro atoms. The van der Waals surface area contributed by atoms with Gasteiger partial charge >= 0.3 is 0 Å². The van der Waals surface area contributed by atoms with Crippen LogP contribution in [0.25, 0.3) is 5.76 Å². The largest absolute Gasteiger partial charge is 0.507 e. The van der Waals surface area contributed by atoms with Crippen LogP contribution in [0, 0.1) is 5.92 Å². The fourth-order valence-electron chi connectivity index (χ4n) is 3.79. The number of amidine groups is 1. The average Bonchev–Trinajstić information content (AvgIpc) is 3.51. The number of rotatable bonds is 8. The Balaban J connectivity index is 1.48. The zero-order valence-electron chi connectivity index (χ0n) is 17.5. The van der Waals surface area contributed by atoms with Crippen molar-refractivity contribution in [1.82, 2.24) is 5.43 Å². The van der Waals surface area contributed by atoms with Gasteiger partial charge in [-0.05, 0) is 36.3 Å². The molecule has 2 aromatic rings. The Kier molecular flexibility index (Phi) is 5.68. The number of hydrogen-bond acceptors (Lipinski definition) is 9. The Labute approximate surface area is 190 Å². The Hall–Kier alpha value is -2.44. The molecule has 0 unspecified atom stereocenters. The summed E-state index contributed by atoms with van der Waals surface area (Å²) < 4.78 is 40.3. The summed E-state index contributed by atoms with van der Waals surface area (Å²) in [6, 6.07) is 7.50. The molecule has 1 aliphatic carbocycles. The van der Waals surface area contributed by atoms with Gasteiger partial charge in [0.25, 0.3) is 10.0 Å². The molecule has 3 heterocycles. The van der Waals surface area contributed by atoms with Crippen molar-refractivity contribution in [3.05, 3.63) is 46.3 Å². The number of anilines is 2. The van der Waals surface area contributed by atoms with Gasteiger partial charge < -0.3 is 24.9 Å². The molecule has 0 atom stereocenters. The minimum absolute atomic E-state index is 0.0233. The lowest BCUT2D eigenvalue weighted by Gasteiger charge is -2.33. The molecule has 170 valence electrons. The summed E-state index contributed by atoms with van der Waals surface area (Å²) >= 11 is 1.26. The summed E-state index contributed by atoms with van der Waals surface area (Å²) in [6.45, 7) is 1.28. The molecule has 0 saturated heterocycles. The van der Waals surface area contributed by atoms with Gasteiger partial charge in [-0.25, -0.2) is 5.43 Å². The van der Waals surface area contributed by atoms with E-state index in [9.17, 15) is 13.5 Å². The molecule has 1 aromatic heterocycles. The maximum absolute atomic E-state index is 13.1. The van der Waals surface area contributed by atoms with Gasteiger partial charge in [0.1, 0.15) is 22.4 Å². The van der Waals surface area contributed by atoms with Crippen molar-refractivity contribution in [2.75, 3.05) is 37.3 Å². The summed E-state index contributed by atoms with van der Waals surface area (Å²) in [5.74, 6) is 0.812. The molecule has 0 bridgehead atoms. The first-order valence-electron chi connectivity index (χ1n) is 10.3. The maximum atomic E-state index is 13.1. The minimum Gasteiger partial charge on any atom is -0.507 e.